The van der Waals surface area contributed by atoms with Gasteiger partial charge in [0.2, 0.25) is 11.8 Å². The quantitative estimate of drug-likeness (QED) is 0.721. The molecule has 0 atom stereocenters. The van der Waals surface area contributed by atoms with Crippen LogP contribution in [0.5, 0.6) is 0 Å². The zero-order valence-corrected chi connectivity index (χ0v) is 9.43. The molecule has 0 bridgehead atoms. The van der Waals surface area contributed by atoms with Crippen LogP contribution in [0.2, 0.25) is 0 Å². The largest absolute Gasteiger partial charge is 0.372 e. The molecule has 1 aromatic carbocycles. The topological polar surface area (TPSA) is 106 Å². The molecule has 0 radical (unpaired) electrons. The number of ether oxygens (including phenoxy) is 1. The van der Waals surface area contributed by atoms with Crippen LogP contribution < -0.4 is 11.1 Å². The van der Waals surface area contributed by atoms with Gasteiger partial charge in [0.15, 0.2) is 0 Å². The van der Waals surface area contributed by atoms with Gasteiger partial charge in [0.05, 0.1) is 13.2 Å². The van der Waals surface area contributed by atoms with Gasteiger partial charge >= 0.3 is 0 Å². The minimum Gasteiger partial charge on any atom is -0.372 e. The molecule has 0 aliphatic carbocycles. The molecule has 1 aliphatic heterocycles. The minimum absolute atomic E-state index is 0.0440. The first-order valence-corrected chi connectivity index (χ1v) is 5.41. The Hall–Kier alpha value is -2.41. The standard InChI is InChI=1S/C11H11N5O2/c12-11-14-9(15-16-11)10(17)13-8-2-1-6-4-18-5-7(6)3-8/h1-3H,4-5H2,(H,13,17)(H3,12,14,15,16). The van der Waals surface area contributed by atoms with Crippen molar-refractivity contribution in [1.29, 1.82) is 0 Å². The summed E-state index contributed by atoms with van der Waals surface area (Å²) in [4.78, 5) is 15.5. The lowest BCUT2D eigenvalue weighted by atomic mass is 10.1. The van der Waals surface area contributed by atoms with Gasteiger partial charge in [-0.05, 0) is 23.3 Å². The zero-order chi connectivity index (χ0) is 12.5. The van der Waals surface area contributed by atoms with Crippen molar-refractivity contribution in [3.8, 4) is 0 Å². The van der Waals surface area contributed by atoms with E-state index in [0.29, 0.717) is 18.9 Å². The second-order valence-corrected chi connectivity index (χ2v) is 3.97. The molecule has 18 heavy (non-hydrogen) atoms. The maximum absolute atomic E-state index is 11.8. The number of nitrogens with zero attached hydrogens (tertiary/aromatic N) is 2. The summed E-state index contributed by atoms with van der Waals surface area (Å²) in [6.45, 7) is 1.20. The molecule has 2 aromatic rings. The van der Waals surface area contributed by atoms with E-state index in [1.807, 2.05) is 18.2 Å². The number of rotatable bonds is 2. The van der Waals surface area contributed by atoms with Gasteiger partial charge in [0.1, 0.15) is 0 Å². The van der Waals surface area contributed by atoms with Crippen molar-refractivity contribution in [2.75, 3.05) is 11.1 Å². The normalized spacial score (nSPS) is 13.3. The summed E-state index contributed by atoms with van der Waals surface area (Å²) < 4.78 is 5.31. The number of carbonyl (C=O) groups excluding carboxylic acids is 1. The first-order chi connectivity index (χ1) is 8.72. The van der Waals surface area contributed by atoms with Gasteiger partial charge in [0, 0.05) is 5.69 Å². The average Bonchev–Trinajstić information content (AvgIpc) is 2.96. The summed E-state index contributed by atoms with van der Waals surface area (Å²) >= 11 is 0. The average molecular weight is 245 g/mol. The summed E-state index contributed by atoms with van der Waals surface area (Å²) in [5, 5.41) is 8.77. The van der Waals surface area contributed by atoms with Crippen molar-refractivity contribution < 1.29 is 9.53 Å². The number of hydrogen-bond acceptors (Lipinski definition) is 5. The second-order valence-electron chi connectivity index (χ2n) is 3.97. The van der Waals surface area contributed by atoms with E-state index in [1.54, 1.807) is 0 Å². The number of amides is 1. The van der Waals surface area contributed by atoms with Gasteiger partial charge in [-0.3, -0.25) is 9.89 Å². The molecule has 7 heteroatoms. The van der Waals surface area contributed by atoms with E-state index in [2.05, 4.69) is 20.5 Å². The highest BCUT2D eigenvalue weighted by Crippen LogP contribution is 2.23. The van der Waals surface area contributed by atoms with E-state index in [0.717, 1.165) is 11.1 Å². The molecule has 1 aliphatic rings. The van der Waals surface area contributed by atoms with E-state index in [1.165, 1.54) is 0 Å². The molecule has 0 saturated heterocycles. The van der Waals surface area contributed by atoms with Crippen LogP contribution in [0.25, 0.3) is 0 Å². The van der Waals surface area contributed by atoms with E-state index in [4.69, 9.17) is 10.5 Å². The molecule has 0 unspecified atom stereocenters. The Kier molecular flexibility index (Phi) is 2.45. The van der Waals surface area contributed by atoms with Crippen molar-refractivity contribution in [2.24, 2.45) is 0 Å². The molecule has 4 N–H and O–H groups in total. The number of fused-ring (bicyclic) bond motifs is 1. The van der Waals surface area contributed by atoms with Crippen LogP contribution in [0, 0.1) is 0 Å². The van der Waals surface area contributed by atoms with Crippen LogP contribution >= 0.6 is 0 Å². The van der Waals surface area contributed by atoms with Gasteiger partial charge < -0.3 is 15.8 Å². The van der Waals surface area contributed by atoms with Crippen LogP contribution in [0.1, 0.15) is 21.7 Å². The summed E-state index contributed by atoms with van der Waals surface area (Å²) in [7, 11) is 0. The van der Waals surface area contributed by atoms with Crippen LogP contribution in [-0.2, 0) is 18.0 Å². The first kappa shape index (κ1) is 10.7. The fourth-order valence-electron chi connectivity index (χ4n) is 1.82. The monoisotopic (exact) mass is 245 g/mol. The van der Waals surface area contributed by atoms with Crippen molar-refractivity contribution in [3.05, 3.63) is 35.2 Å². The molecular weight excluding hydrogens is 234 g/mol. The molecule has 92 valence electrons. The lowest BCUT2D eigenvalue weighted by Gasteiger charge is -2.04. The predicted molar refractivity (Wildman–Crippen MR) is 63.7 cm³/mol. The second kappa shape index (κ2) is 4.11. The van der Waals surface area contributed by atoms with E-state index in [9.17, 15) is 4.79 Å². The van der Waals surface area contributed by atoms with E-state index < -0.39 is 0 Å². The van der Waals surface area contributed by atoms with Gasteiger partial charge in [0.25, 0.3) is 5.91 Å². The van der Waals surface area contributed by atoms with Crippen LogP contribution in [0.15, 0.2) is 18.2 Å². The third kappa shape index (κ3) is 1.91. The van der Waals surface area contributed by atoms with E-state index in [-0.39, 0.29) is 17.7 Å². The molecule has 0 spiro atoms. The highest BCUT2D eigenvalue weighted by molar-refractivity contribution is 6.01. The van der Waals surface area contributed by atoms with Crippen LogP contribution in [0.3, 0.4) is 0 Å². The van der Waals surface area contributed by atoms with Gasteiger partial charge in [-0.1, -0.05) is 6.07 Å². The molecule has 1 aromatic heterocycles. The predicted octanol–water partition coefficient (Wildman–Crippen LogP) is 0.669. The highest BCUT2D eigenvalue weighted by Gasteiger charge is 2.14. The zero-order valence-electron chi connectivity index (χ0n) is 9.43. The van der Waals surface area contributed by atoms with Crippen molar-refractivity contribution in [1.82, 2.24) is 15.2 Å². The number of H-pyrrole nitrogens is 1. The smallest absolute Gasteiger partial charge is 0.293 e. The van der Waals surface area contributed by atoms with E-state index >= 15 is 0 Å². The fraction of sp³-hybridized carbons (Fsp3) is 0.182. The Balaban J connectivity index is 1.78. The number of anilines is 2. The number of nitrogens with two attached hydrogens (primary N) is 1. The van der Waals surface area contributed by atoms with Gasteiger partial charge in [-0.25, -0.2) is 0 Å². The van der Waals surface area contributed by atoms with Crippen molar-refractivity contribution in [2.45, 2.75) is 13.2 Å². The van der Waals surface area contributed by atoms with Crippen molar-refractivity contribution in [3.63, 3.8) is 0 Å². The Morgan fingerprint density at radius 3 is 3.00 bits per heavy atom. The SMILES string of the molecule is Nc1n[nH]c(C(=O)Nc2ccc3c(c2)COC3)n1. The number of benzene rings is 1. The number of aromatic amines is 1. The Labute approximate surface area is 102 Å². The molecule has 0 fully saturated rings. The lowest BCUT2D eigenvalue weighted by molar-refractivity contribution is 0.101. The van der Waals surface area contributed by atoms with Gasteiger partial charge in [-0.15, -0.1) is 5.10 Å². The number of carbonyl (C=O) groups is 1. The summed E-state index contributed by atoms with van der Waals surface area (Å²) in [5.41, 5.74) is 8.27. The fourth-order valence-corrected chi connectivity index (χ4v) is 1.82. The van der Waals surface area contributed by atoms with Crippen LogP contribution in [0.4, 0.5) is 11.6 Å². The third-order valence-corrected chi connectivity index (χ3v) is 2.70. The third-order valence-electron chi connectivity index (χ3n) is 2.70. The summed E-state index contributed by atoms with van der Waals surface area (Å²) in [5.74, 6) is -0.246. The molecule has 7 nitrogen and oxygen atoms in total. The molecular formula is C11H11N5O2. The number of nitrogens with one attached hydrogen (secondary N) is 2. The number of aromatic nitrogens is 3. The van der Waals surface area contributed by atoms with Gasteiger partial charge in [-0.2, -0.15) is 4.98 Å². The molecule has 1 amide bonds. The lowest BCUT2D eigenvalue weighted by Crippen LogP contribution is -2.14. The maximum atomic E-state index is 11.8. The molecule has 3 rings (SSSR count). The number of hydrogen-bond donors (Lipinski definition) is 3. The Bertz CT molecular complexity index is 607. The highest BCUT2D eigenvalue weighted by atomic mass is 16.5. The summed E-state index contributed by atoms with van der Waals surface area (Å²) in [6, 6.07) is 5.65. The van der Waals surface area contributed by atoms with Crippen LogP contribution in [-0.4, -0.2) is 21.1 Å². The first-order valence-electron chi connectivity index (χ1n) is 5.41. The van der Waals surface area contributed by atoms with Crippen molar-refractivity contribution >= 4 is 17.5 Å². The summed E-state index contributed by atoms with van der Waals surface area (Å²) in [6.07, 6.45) is 0. The Morgan fingerprint density at radius 1 is 1.39 bits per heavy atom. The Morgan fingerprint density at radius 2 is 2.22 bits per heavy atom. The molecule has 0 saturated carbocycles. The molecule has 2 heterocycles. The number of nitrogen functional groups attached to an aromatic ring is 1. The minimum atomic E-state index is -0.377. The maximum Gasteiger partial charge on any atom is 0.293 e.